The van der Waals surface area contributed by atoms with E-state index in [4.69, 9.17) is 0 Å². The number of anilines is 1. The minimum Gasteiger partial charge on any atom is -0.389 e. The van der Waals surface area contributed by atoms with Crippen molar-refractivity contribution < 1.29 is 9.50 Å². The highest BCUT2D eigenvalue weighted by Crippen LogP contribution is 2.31. The van der Waals surface area contributed by atoms with Gasteiger partial charge in [-0.1, -0.05) is 12.1 Å². The number of para-hydroxylation sites is 1. The first-order valence-corrected chi connectivity index (χ1v) is 5.91. The Labute approximate surface area is 95.7 Å². The van der Waals surface area contributed by atoms with Crippen LogP contribution in [0, 0.1) is 5.82 Å². The molecule has 2 nitrogen and oxygen atoms in total. The molecule has 1 aliphatic rings. The Balaban J connectivity index is 2.36. The second-order valence-electron chi connectivity index (χ2n) is 4.40. The van der Waals surface area contributed by atoms with E-state index in [0.717, 1.165) is 25.9 Å². The van der Waals surface area contributed by atoms with E-state index in [1.807, 2.05) is 0 Å². The zero-order chi connectivity index (χ0) is 11.5. The Hall–Kier alpha value is -1.09. The van der Waals surface area contributed by atoms with Crippen LogP contribution in [0.25, 0.3) is 0 Å². The average Bonchev–Trinajstić information content (AvgIpc) is 2.29. The number of hydrogen-bond acceptors (Lipinski definition) is 2. The van der Waals surface area contributed by atoms with E-state index in [1.54, 1.807) is 19.1 Å². The quantitative estimate of drug-likeness (QED) is 0.833. The van der Waals surface area contributed by atoms with E-state index in [0.29, 0.717) is 11.3 Å². The van der Waals surface area contributed by atoms with Gasteiger partial charge in [0.25, 0.3) is 0 Å². The van der Waals surface area contributed by atoms with Crippen LogP contribution < -0.4 is 4.90 Å². The lowest BCUT2D eigenvalue weighted by Crippen LogP contribution is -2.31. The zero-order valence-electron chi connectivity index (χ0n) is 9.62. The molecule has 16 heavy (non-hydrogen) atoms. The van der Waals surface area contributed by atoms with Crippen LogP contribution in [0.5, 0.6) is 0 Å². The van der Waals surface area contributed by atoms with E-state index in [1.165, 1.54) is 12.5 Å². The third kappa shape index (κ3) is 2.19. The molecular weight excluding hydrogens is 205 g/mol. The van der Waals surface area contributed by atoms with Gasteiger partial charge in [-0.3, -0.25) is 0 Å². The van der Waals surface area contributed by atoms with Gasteiger partial charge < -0.3 is 10.0 Å². The van der Waals surface area contributed by atoms with Gasteiger partial charge in [-0.25, -0.2) is 4.39 Å². The molecule has 0 radical (unpaired) electrons. The molecule has 2 rings (SSSR count). The van der Waals surface area contributed by atoms with E-state index < -0.39 is 6.10 Å². The van der Waals surface area contributed by atoms with Crippen LogP contribution >= 0.6 is 0 Å². The topological polar surface area (TPSA) is 23.5 Å². The van der Waals surface area contributed by atoms with Gasteiger partial charge in [0.1, 0.15) is 5.82 Å². The molecule has 0 unspecified atom stereocenters. The first kappa shape index (κ1) is 11.4. The summed E-state index contributed by atoms with van der Waals surface area (Å²) in [4.78, 5) is 2.06. The fourth-order valence-electron chi connectivity index (χ4n) is 2.32. The highest BCUT2D eigenvalue weighted by atomic mass is 19.1. The molecule has 1 fully saturated rings. The zero-order valence-corrected chi connectivity index (χ0v) is 9.62. The lowest BCUT2D eigenvalue weighted by Gasteiger charge is -2.31. The molecule has 1 aliphatic heterocycles. The minimum absolute atomic E-state index is 0.222. The van der Waals surface area contributed by atoms with Crippen molar-refractivity contribution in [2.45, 2.75) is 32.3 Å². The summed E-state index contributed by atoms with van der Waals surface area (Å²) in [6, 6.07) is 4.93. The Morgan fingerprint density at radius 1 is 1.25 bits per heavy atom. The van der Waals surface area contributed by atoms with Crippen LogP contribution in [-0.4, -0.2) is 18.2 Å². The molecule has 0 spiro atoms. The van der Waals surface area contributed by atoms with Gasteiger partial charge in [0, 0.05) is 18.7 Å². The summed E-state index contributed by atoms with van der Waals surface area (Å²) in [7, 11) is 0. The van der Waals surface area contributed by atoms with Gasteiger partial charge in [0.05, 0.1) is 11.8 Å². The van der Waals surface area contributed by atoms with Crippen molar-refractivity contribution in [2.24, 2.45) is 0 Å². The number of piperidine rings is 1. The van der Waals surface area contributed by atoms with Crippen molar-refractivity contribution in [1.82, 2.24) is 0 Å². The van der Waals surface area contributed by atoms with Gasteiger partial charge in [0.15, 0.2) is 0 Å². The maximum absolute atomic E-state index is 13.8. The van der Waals surface area contributed by atoms with Crippen molar-refractivity contribution in [3.05, 3.63) is 29.6 Å². The second-order valence-corrected chi connectivity index (χ2v) is 4.40. The summed E-state index contributed by atoms with van der Waals surface area (Å²) < 4.78 is 13.8. The molecule has 0 aliphatic carbocycles. The summed E-state index contributed by atoms with van der Waals surface area (Å²) in [5.74, 6) is -0.222. The van der Waals surface area contributed by atoms with Crippen molar-refractivity contribution in [1.29, 1.82) is 0 Å². The fourth-order valence-corrected chi connectivity index (χ4v) is 2.32. The van der Waals surface area contributed by atoms with Crippen LogP contribution in [-0.2, 0) is 0 Å². The van der Waals surface area contributed by atoms with E-state index in [-0.39, 0.29) is 5.82 Å². The summed E-state index contributed by atoms with van der Waals surface area (Å²) >= 11 is 0. The van der Waals surface area contributed by atoms with Crippen molar-refractivity contribution in [3.8, 4) is 0 Å². The highest BCUT2D eigenvalue weighted by molar-refractivity contribution is 5.56. The fraction of sp³-hybridized carbons (Fsp3) is 0.538. The van der Waals surface area contributed by atoms with Gasteiger partial charge in [-0.05, 0) is 32.3 Å². The molecular formula is C13H18FNO. The Bertz CT molecular complexity index is 359. The summed E-state index contributed by atoms with van der Waals surface area (Å²) in [5.41, 5.74) is 1.29. The number of hydrogen-bond donors (Lipinski definition) is 1. The number of aliphatic hydroxyl groups is 1. The monoisotopic (exact) mass is 223 g/mol. The van der Waals surface area contributed by atoms with E-state index in [9.17, 15) is 9.50 Å². The molecule has 1 aromatic carbocycles. The summed E-state index contributed by atoms with van der Waals surface area (Å²) in [5, 5.41) is 9.67. The van der Waals surface area contributed by atoms with Crippen molar-refractivity contribution in [3.63, 3.8) is 0 Å². The van der Waals surface area contributed by atoms with Gasteiger partial charge in [0.2, 0.25) is 0 Å². The number of benzene rings is 1. The van der Waals surface area contributed by atoms with Gasteiger partial charge >= 0.3 is 0 Å². The molecule has 1 N–H and O–H groups in total. The molecule has 1 heterocycles. The molecule has 0 saturated carbocycles. The molecule has 3 heteroatoms. The molecule has 1 aromatic rings. The second kappa shape index (κ2) is 4.83. The third-order valence-electron chi connectivity index (χ3n) is 3.14. The van der Waals surface area contributed by atoms with Crippen molar-refractivity contribution in [2.75, 3.05) is 18.0 Å². The van der Waals surface area contributed by atoms with Gasteiger partial charge in [-0.2, -0.15) is 0 Å². The maximum atomic E-state index is 13.8. The van der Waals surface area contributed by atoms with Crippen LogP contribution in [0.15, 0.2) is 18.2 Å². The first-order valence-electron chi connectivity index (χ1n) is 5.91. The van der Waals surface area contributed by atoms with Crippen LogP contribution in [0.3, 0.4) is 0 Å². The highest BCUT2D eigenvalue weighted by Gasteiger charge is 2.20. The number of nitrogens with zero attached hydrogens (tertiary/aromatic N) is 1. The van der Waals surface area contributed by atoms with Gasteiger partial charge in [-0.15, -0.1) is 0 Å². The molecule has 0 bridgehead atoms. The van der Waals surface area contributed by atoms with Crippen LogP contribution in [0.4, 0.5) is 10.1 Å². The number of halogens is 1. The largest absolute Gasteiger partial charge is 0.389 e. The Morgan fingerprint density at radius 2 is 1.94 bits per heavy atom. The molecule has 1 atom stereocenters. The minimum atomic E-state index is -0.618. The van der Waals surface area contributed by atoms with Crippen molar-refractivity contribution >= 4 is 5.69 Å². The molecule has 0 amide bonds. The SMILES string of the molecule is C[C@@H](O)c1cccc(F)c1N1CCCCC1. The number of aliphatic hydroxyl groups excluding tert-OH is 1. The van der Waals surface area contributed by atoms with Crippen LogP contribution in [0.1, 0.15) is 37.9 Å². The summed E-state index contributed by atoms with van der Waals surface area (Å²) in [6.45, 7) is 3.46. The number of rotatable bonds is 2. The van der Waals surface area contributed by atoms with Crippen LogP contribution in [0.2, 0.25) is 0 Å². The standard InChI is InChI=1S/C13H18FNO/c1-10(16)11-6-5-7-12(14)13(11)15-8-3-2-4-9-15/h5-7,10,16H,2-4,8-9H2,1H3/t10-/m1/s1. The predicted octanol–water partition coefficient (Wildman–Crippen LogP) is 2.87. The molecule has 0 aromatic heterocycles. The first-order chi connectivity index (χ1) is 7.70. The Kier molecular flexibility index (Phi) is 3.44. The molecule has 88 valence electrons. The lowest BCUT2D eigenvalue weighted by molar-refractivity contribution is 0.199. The van der Waals surface area contributed by atoms with E-state index in [2.05, 4.69) is 4.90 Å². The summed E-state index contributed by atoms with van der Waals surface area (Å²) in [6.07, 6.45) is 2.81. The van der Waals surface area contributed by atoms with E-state index >= 15 is 0 Å². The average molecular weight is 223 g/mol. The molecule has 1 saturated heterocycles. The maximum Gasteiger partial charge on any atom is 0.146 e. The third-order valence-corrected chi connectivity index (χ3v) is 3.14. The smallest absolute Gasteiger partial charge is 0.146 e. The normalized spacial score (nSPS) is 18.6. The lowest BCUT2D eigenvalue weighted by atomic mass is 10.0. The predicted molar refractivity (Wildman–Crippen MR) is 63.1 cm³/mol. The Morgan fingerprint density at radius 3 is 2.56 bits per heavy atom.